The molecular formula is C56H53NO. The smallest absolute Gasteiger partial charge is 0.143 e. The van der Waals surface area contributed by atoms with Gasteiger partial charge in [0.25, 0.3) is 0 Å². The Balaban J connectivity index is 0.00000231. The van der Waals surface area contributed by atoms with Crippen LogP contribution in [0.2, 0.25) is 0 Å². The predicted molar refractivity (Wildman–Crippen MR) is 251 cm³/mol. The van der Waals surface area contributed by atoms with Gasteiger partial charge in [-0.2, -0.15) is 0 Å². The molecule has 2 heteroatoms. The second kappa shape index (κ2) is 15.5. The van der Waals surface area contributed by atoms with Crippen LogP contribution < -0.4 is 5.32 Å². The van der Waals surface area contributed by atoms with Gasteiger partial charge in [-0.1, -0.05) is 182 Å². The van der Waals surface area contributed by atoms with Crippen molar-refractivity contribution in [3.8, 4) is 22.3 Å². The van der Waals surface area contributed by atoms with Crippen LogP contribution in [0.3, 0.4) is 0 Å². The maximum Gasteiger partial charge on any atom is 0.143 e. The topological polar surface area (TPSA) is 25.2 Å². The lowest BCUT2D eigenvalue weighted by Crippen LogP contribution is -2.15. The fraction of sp³-hybridized carbons (Fsp3) is 0.179. The van der Waals surface area contributed by atoms with E-state index in [1.807, 2.05) is 32.2 Å². The quantitative estimate of drug-likeness (QED) is 0.148. The van der Waals surface area contributed by atoms with Crippen molar-refractivity contribution < 1.29 is 4.42 Å². The first-order valence-corrected chi connectivity index (χ1v) is 20.8. The van der Waals surface area contributed by atoms with Gasteiger partial charge >= 0.3 is 0 Å². The van der Waals surface area contributed by atoms with Crippen LogP contribution in [-0.4, -0.2) is 0 Å². The summed E-state index contributed by atoms with van der Waals surface area (Å²) in [5.41, 5.74) is 19.0. The SMILES string of the molecule is C=C/C(=C\CC)c1ccc(\C=C/C(=C\C=C\Nc2ccc3c(c2)-c2c(ccc4c2oc2ccccc24)C3(C)C)c2ccc3c(c2)C(C)(C)c2ccccc2-3)cc1.CC. The van der Waals surface area contributed by atoms with Gasteiger partial charge in [0, 0.05) is 39.1 Å². The molecule has 0 amide bonds. The molecule has 0 radical (unpaired) electrons. The molecule has 2 aliphatic carbocycles. The normalized spacial score (nSPS) is 14.9. The molecule has 2 aliphatic rings. The highest BCUT2D eigenvalue weighted by atomic mass is 16.3. The molecule has 9 rings (SSSR count). The molecule has 288 valence electrons. The average molecular weight is 756 g/mol. The lowest BCUT2D eigenvalue weighted by atomic mass is 9.81. The van der Waals surface area contributed by atoms with Crippen LogP contribution in [0, 0.1) is 0 Å². The van der Waals surface area contributed by atoms with Crippen molar-refractivity contribution in [3.63, 3.8) is 0 Å². The van der Waals surface area contributed by atoms with Crippen molar-refractivity contribution in [2.75, 3.05) is 5.32 Å². The Bertz CT molecular complexity index is 2810. The number of allylic oxidation sites excluding steroid dienone is 7. The molecule has 58 heavy (non-hydrogen) atoms. The zero-order valence-electron chi connectivity index (χ0n) is 34.9. The summed E-state index contributed by atoms with van der Waals surface area (Å²) in [5.74, 6) is 0. The van der Waals surface area contributed by atoms with Crippen molar-refractivity contribution in [1.29, 1.82) is 0 Å². The van der Waals surface area contributed by atoms with Gasteiger partial charge in [-0.15, -0.1) is 0 Å². The largest absolute Gasteiger partial charge is 0.455 e. The third-order valence-electron chi connectivity index (χ3n) is 12.1. The number of benzene rings is 6. The van der Waals surface area contributed by atoms with Crippen LogP contribution in [0.25, 0.3) is 61.4 Å². The van der Waals surface area contributed by atoms with Gasteiger partial charge in [0.2, 0.25) is 0 Å². The molecule has 0 atom stereocenters. The van der Waals surface area contributed by atoms with Crippen LogP contribution >= 0.6 is 0 Å². The number of fused-ring (bicyclic) bond motifs is 10. The number of hydrogen-bond donors (Lipinski definition) is 1. The van der Waals surface area contributed by atoms with E-state index >= 15 is 0 Å². The van der Waals surface area contributed by atoms with E-state index in [0.29, 0.717) is 0 Å². The molecule has 0 aliphatic heterocycles. The Hall–Kier alpha value is -6.38. The number of nitrogens with one attached hydrogen (secondary N) is 1. The fourth-order valence-electron chi connectivity index (χ4n) is 9.05. The molecule has 1 aromatic heterocycles. The summed E-state index contributed by atoms with van der Waals surface area (Å²) in [6.07, 6.45) is 15.9. The highest BCUT2D eigenvalue weighted by molar-refractivity contribution is 6.12. The lowest BCUT2D eigenvalue weighted by Gasteiger charge is -2.22. The predicted octanol–water partition coefficient (Wildman–Crippen LogP) is 15.9. The molecular weight excluding hydrogens is 703 g/mol. The summed E-state index contributed by atoms with van der Waals surface area (Å²) in [6.45, 7) is 19.5. The standard InChI is InChI=1S/C54H47NO.C2H6/c1-7-14-36(8-2)38-24-21-35(22-25-38)20-23-37(39-26-28-42-41-16-9-11-18-46(41)54(5,6)49(42)33-39)15-13-32-55-40-27-30-47-45(34-40)51-48(53(47,3)4)31-29-44-43-17-10-12-19-50(43)56-52(44)51;1-2/h8-34,55H,2,7H2,1,3-6H3;1-2H3/b23-20-,32-13+,36-14+,37-15+;. The van der Waals surface area contributed by atoms with Crippen molar-refractivity contribution in [1.82, 2.24) is 0 Å². The molecule has 2 nitrogen and oxygen atoms in total. The van der Waals surface area contributed by atoms with Gasteiger partial charge in [0.1, 0.15) is 11.2 Å². The maximum atomic E-state index is 6.54. The number of furan rings is 1. The van der Waals surface area contributed by atoms with E-state index in [2.05, 4.69) is 192 Å². The van der Waals surface area contributed by atoms with Gasteiger partial charge in [-0.3, -0.25) is 0 Å². The molecule has 0 unspecified atom stereocenters. The third-order valence-corrected chi connectivity index (χ3v) is 12.1. The van der Waals surface area contributed by atoms with E-state index in [9.17, 15) is 0 Å². The second-order valence-electron chi connectivity index (χ2n) is 16.1. The van der Waals surface area contributed by atoms with Crippen LogP contribution in [0.5, 0.6) is 0 Å². The van der Waals surface area contributed by atoms with E-state index in [4.69, 9.17) is 4.42 Å². The van der Waals surface area contributed by atoms with E-state index < -0.39 is 0 Å². The zero-order chi connectivity index (χ0) is 40.6. The van der Waals surface area contributed by atoms with E-state index in [1.54, 1.807) is 0 Å². The summed E-state index contributed by atoms with van der Waals surface area (Å²) in [5, 5.41) is 5.91. The molecule has 0 fully saturated rings. The van der Waals surface area contributed by atoms with E-state index in [0.717, 1.165) is 45.2 Å². The molecule has 0 spiro atoms. The van der Waals surface area contributed by atoms with Crippen LogP contribution in [0.1, 0.15) is 93.8 Å². The van der Waals surface area contributed by atoms with E-state index in [1.165, 1.54) is 61.2 Å². The van der Waals surface area contributed by atoms with Crippen LogP contribution in [0.15, 0.2) is 169 Å². The van der Waals surface area contributed by atoms with Gasteiger partial charge in [0.05, 0.1) is 0 Å². The van der Waals surface area contributed by atoms with Gasteiger partial charge in [0.15, 0.2) is 0 Å². The van der Waals surface area contributed by atoms with Crippen LogP contribution in [-0.2, 0) is 10.8 Å². The molecule has 1 N–H and O–H groups in total. The number of hydrogen-bond acceptors (Lipinski definition) is 2. The first-order valence-electron chi connectivity index (χ1n) is 20.8. The summed E-state index contributed by atoms with van der Waals surface area (Å²) < 4.78 is 6.54. The van der Waals surface area contributed by atoms with Crippen molar-refractivity contribution in [2.45, 2.75) is 65.7 Å². The monoisotopic (exact) mass is 755 g/mol. The van der Waals surface area contributed by atoms with Gasteiger partial charge in [-0.05, 0) is 104 Å². The van der Waals surface area contributed by atoms with Gasteiger partial charge < -0.3 is 9.73 Å². The Morgan fingerprint density at radius 1 is 0.655 bits per heavy atom. The molecule has 0 saturated heterocycles. The van der Waals surface area contributed by atoms with Crippen LogP contribution in [0.4, 0.5) is 5.69 Å². The van der Waals surface area contributed by atoms with E-state index in [-0.39, 0.29) is 10.8 Å². The van der Waals surface area contributed by atoms with Crippen molar-refractivity contribution >= 4 is 44.8 Å². The van der Waals surface area contributed by atoms with Crippen molar-refractivity contribution in [3.05, 3.63) is 203 Å². The first kappa shape index (κ1) is 38.5. The van der Waals surface area contributed by atoms with Crippen molar-refractivity contribution in [2.24, 2.45) is 0 Å². The summed E-state index contributed by atoms with van der Waals surface area (Å²) in [7, 11) is 0. The Morgan fingerprint density at radius 2 is 1.34 bits per heavy atom. The summed E-state index contributed by atoms with van der Waals surface area (Å²) in [4.78, 5) is 0. The van der Waals surface area contributed by atoms with Gasteiger partial charge in [-0.25, -0.2) is 0 Å². The lowest BCUT2D eigenvalue weighted by molar-refractivity contribution is 0.653. The highest BCUT2D eigenvalue weighted by Gasteiger charge is 2.38. The zero-order valence-corrected chi connectivity index (χ0v) is 34.9. The number of rotatable bonds is 9. The molecule has 1 heterocycles. The summed E-state index contributed by atoms with van der Waals surface area (Å²) >= 11 is 0. The third kappa shape index (κ3) is 6.57. The Morgan fingerprint density at radius 3 is 2.14 bits per heavy atom. The molecule has 0 saturated carbocycles. The second-order valence-corrected chi connectivity index (χ2v) is 16.1. The summed E-state index contributed by atoms with van der Waals surface area (Å²) in [6, 6.07) is 44.1. The highest BCUT2D eigenvalue weighted by Crippen LogP contribution is 2.53. The minimum atomic E-state index is -0.123. The Kier molecular flexibility index (Phi) is 10.3. The number of anilines is 1. The molecule has 7 aromatic rings. The minimum absolute atomic E-state index is 0.0758. The Labute approximate surface area is 344 Å². The number of para-hydroxylation sites is 1. The average Bonchev–Trinajstić information content (AvgIpc) is 3.83. The maximum absolute atomic E-state index is 6.54. The first-order chi connectivity index (χ1) is 28.2. The molecule has 0 bridgehead atoms. The molecule has 6 aromatic carbocycles. The fourth-order valence-corrected chi connectivity index (χ4v) is 9.05. The minimum Gasteiger partial charge on any atom is -0.455 e.